The lowest BCUT2D eigenvalue weighted by molar-refractivity contribution is -0.0223. The molecule has 0 bridgehead atoms. The maximum absolute atomic E-state index is 12.8. The van der Waals surface area contributed by atoms with Gasteiger partial charge in [-0.3, -0.25) is 9.69 Å². The van der Waals surface area contributed by atoms with E-state index in [1.807, 2.05) is 11.9 Å². The van der Waals surface area contributed by atoms with E-state index in [-0.39, 0.29) is 18.1 Å². The third-order valence-electron chi connectivity index (χ3n) is 5.16. The smallest absolute Gasteiger partial charge is 0.253 e. The second kappa shape index (κ2) is 6.69. The van der Waals surface area contributed by atoms with Crippen molar-refractivity contribution in [2.24, 2.45) is 5.92 Å². The summed E-state index contributed by atoms with van der Waals surface area (Å²) in [6.45, 7) is 2.25. The molecule has 122 valence electrons. The number of likely N-dealkylation sites (N-methyl/N-ethyl adjacent to an activating group) is 1. The quantitative estimate of drug-likeness (QED) is 0.894. The van der Waals surface area contributed by atoms with Gasteiger partial charge in [0.25, 0.3) is 5.91 Å². The van der Waals surface area contributed by atoms with Crippen LogP contribution < -0.4 is 0 Å². The predicted molar refractivity (Wildman–Crippen MR) is 86.8 cm³/mol. The molecule has 5 nitrogen and oxygen atoms in total. The Morgan fingerprint density at radius 3 is 2.52 bits per heavy atom. The van der Waals surface area contributed by atoms with Crippen LogP contribution in [0.2, 0.25) is 0 Å². The molecule has 1 heterocycles. The fraction of sp³-hybridized carbons (Fsp3) is 0.556. The summed E-state index contributed by atoms with van der Waals surface area (Å²) in [4.78, 5) is 16.8. The highest BCUT2D eigenvalue weighted by Crippen LogP contribution is 2.33. The molecular weight excluding hydrogens is 290 g/mol. The molecule has 1 aromatic rings. The number of amides is 1. The molecule has 1 atom stereocenters. The highest BCUT2D eigenvalue weighted by atomic mass is 16.3. The standard InChI is InChI=1S/C18H23N3O2/c1-20(18(23)15-7-5-13(9-19)6-8-15)17(14-3-2-4-14)12-21-10-16(22)11-21/h5-8,14,16-17,22H,2-4,10-12H2,1H3. The largest absolute Gasteiger partial charge is 0.390 e. The predicted octanol–water partition coefficient (Wildman–Crippen LogP) is 1.48. The first-order valence-corrected chi connectivity index (χ1v) is 8.26. The van der Waals surface area contributed by atoms with Crippen LogP contribution >= 0.6 is 0 Å². The number of nitrogens with zero attached hydrogens (tertiary/aromatic N) is 3. The number of carbonyl (C=O) groups excluding carboxylic acids is 1. The summed E-state index contributed by atoms with van der Waals surface area (Å²) >= 11 is 0. The number of aliphatic hydroxyl groups excluding tert-OH is 1. The van der Waals surface area contributed by atoms with Crippen LogP contribution in [0.4, 0.5) is 0 Å². The van der Waals surface area contributed by atoms with Gasteiger partial charge in [-0.25, -0.2) is 0 Å². The SMILES string of the molecule is CN(C(=O)c1ccc(C#N)cc1)C(CN1CC(O)C1)C1CCC1. The number of β-amino-alcohol motifs (C(OH)–C–C–N with tert-alkyl or cyclic N) is 1. The van der Waals surface area contributed by atoms with E-state index in [1.54, 1.807) is 24.3 Å². The molecule has 2 aliphatic rings. The zero-order chi connectivity index (χ0) is 16.4. The van der Waals surface area contributed by atoms with Gasteiger partial charge in [0.2, 0.25) is 0 Å². The first kappa shape index (κ1) is 16.0. The summed E-state index contributed by atoms with van der Waals surface area (Å²) in [5.41, 5.74) is 1.19. The lowest BCUT2D eigenvalue weighted by Crippen LogP contribution is -2.58. The highest BCUT2D eigenvalue weighted by molar-refractivity contribution is 5.94. The minimum absolute atomic E-state index is 0.00691. The topological polar surface area (TPSA) is 67.6 Å². The minimum atomic E-state index is -0.212. The molecule has 1 unspecified atom stereocenters. The molecule has 1 aliphatic heterocycles. The van der Waals surface area contributed by atoms with Crippen molar-refractivity contribution in [2.45, 2.75) is 31.4 Å². The minimum Gasteiger partial charge on any atom is -0.390 e. The highest BCUT2D eigenvalue weighted by Gasteiger charge is 2.36. The van der Waals surface area contributed by atoms with Crippen LogP contribution in [0.5, 0.6) is 0 Å². The molecular formula is C18H23N3O2. The molecule has 5 heteroatoms. The van der Waals surface area contributed by atoms with E-state index in [2.05, 4.69) is 11.0 Å². The average Bonchev–Trinajstić information content (AvgIpc) is 2.49. The Bertz CT molecular complexity index is 598. The average molecular weight is 313 g/mol. The molecule has 1 saturated heterocycles. The zero-order valence-corrected chi connectivity index (χ0v) is 13.5. The van der Waals surface area contributed by atoms with Crippen LogP contribution in [0.15, 0.2) is 24.3 Å². The van der Waals surface area contributed by atoms with Crippen molar-refractivity contribution in [3.05, 3.63) is 35.4 Å². The van der Waals surface area contributed by atoms with Gasteiger partial charge in [-0.15, -0.1) is 0 Å². The summed E-state index contributed by atoms with van der Waals surface area (Å²) < 4.78 is 0. The molecule has 1 aromatic carbocycles. The van der Waals surface area contributed by atoms with Gasteiger partial charge in [0.1, 0.15) is 0 Å². The Labute approximate surface area is 137 Å². The van der Waals surface area contributed by atoms with E-state index in [9.17, 15) is 9.90 Å². The number of carbonyl (C=O) groups is 1. The van der Waals surface area contributed by atoms with E-state index in [0.717, 1.165) is 6.54 Å². The lowest BCUT2D eigenvalue weighted by atomic mass is 9.78. The Morgan fingerprint density at radius 2 is 2.04 bits per heavy atom. The molecule has 1 N–H and O–H groups in total. The number of aliphatic hydroxyl groups is 1. The summed E-state index contributed by atoms with van der Waals surface area (Å²) in [7, 11) is 1.87. The van der Waals surface area contributed by atoms with Gasteiger partial charge >= 0.3 is 0 Å². The molecule has 1 saturated carbocycles. The van der Waals surface area contributed by atoms with E-state index in [1.165, 1.54) is 19.3 Å². The Balaban J connectivity index is 1.69. The Morgan fingerprint density at radius 1 is 1.39 bits per heavy atom. The Hall–Kier alpha value is -1.90. The van der Waals surface area contributed by atoms with E-state index in [0.29, 0.717) is 30.1 Å². The molecule has 1 aliphatic carbocycles. The molecule has 23 heavy (non-hydrogen) atoms. The Kier molecular flexibility index (Phi) is 4.65. The molecule has 1 amide bonds. The number of rotatable bonds is 5. The number of hydrogen-bond acceptors (Lipinski definition) is 4. The van der Waals surface area contributed by atoms with Gasteiger partial charge in [0.05, 0.1) is 17.7 Å². The van der Waals surface area contributed by atoms with Gasteiger partial charge in [-0.1, -0.05) is 6.42 Å². The van der Waals surface area contributed by atoms with Crippen molar-refractivity contribution in [3.63, 3.8) is 0 Å². The summed E-state index contributed by atoms with van der Waals surface area (Å²) in [5, 5.41) is 18.3. The number of nitriles is 1. The third-order valence-corrected chi connectivity index (χ3v) is 5.16. The van der Waals surface area contributed by atoms with E-state index >= 15 is 0 Å². The van der Waals surface area contributed by atoms with Crippen LogP contribution in [-0.2, 0) is 0 Å². The van der Waals surface area contributed by atoms with Crippen LogP contribution in [0.3, 0.4) is 0 Å². The van der Waals surface area contributed by atoms with Crippen molar-refractivity contribution in [1.82, 2.24) is 9.80 Å². The second-order valence-electron chi connectivity index (χ2n) is 6.74. The monoisotopic (exact) mass is 313 g/mol. The summed E-state index contributed by atoms with van der Waals surface area (Å²) in [5.74, 6) is 0.563. The molecule has 2 fully saturated rings. The van der Waals surface area contributed by atoms with Crippen LogP contribution in [0.25, 0.3) is 0 Å². The van der Waals surface area contributed by atoms with Crippen molar-refractivity contribution >= 4 is 5.91 Å². The summed E-state index contributed by atoms with van der Waals surface area (Å²) in [6.07, 6.45) is 3.37. The number of benzene rings is 1. The fourth-order valence-electron chi connectivity index (χ4n) is 3.41. The lowest BCUT2D eigenvalue weighted by Gasteiger charge is -2.45. The fourth-order valence-corrected chi connectivity index (χ4v) is 3.41. The van der Waals surface area contributed by atoms with Crippen molar-refractivity contribution in [1.29, 1.82) is 5.26 Å². The molecule has 0 aromatic heterocycles. The van der Waals surface area contributed by atoms with Gasteiger partial charge in [-0.2, -0.15) is 5.26 Å². The second-order valence-corrected chi connectivity index (χ2v) is 6.74. The maximum atomic E-state index is 12.8. The van der Waals surface area contributed by atoms with E-state index in [4.69, 9.17) is 5.26 Å². The van der Waals surface area contributed by atoms with Gasteiger partial charge in [0.15, 0.2) is 0 Å². The number of likely N-dealkylation sites (tertiary alicyclic amines) is 1. The van der Waals surface area contributed by atoms with Crippen LogP contribution in [0, 0.1) is 17.2 Å². The van der Waals surface area contributed by atoms with Crippen molar-refractivity contribution < 1.29 is 9.90 Å². The molecule has 0 spiro atoms. The molecule has 3 rings (SSSR count). The van der Waals surface area contributed by atoms with Gasteiger partial charge < -0.3 is 10.0 Å². The van der Waals surface area contributed by atoms with E-state index < -0.39 is 0 Å². The zero-order valence-electron chi connectivity index (χ0n) is 13.5. The van der Waals surface area contributed by atoms with Crippen LogP contribution in [0.1, 0.15) is 35.2 Å². The normalized spacial score (nSPS) is 20.2. The van der Waals surface area contributed by atoms with Gasteiger partial charge in [-0.05, 0) is 43.0 Å². The first-order chi connectivity index (χ1) is 11.1. The van der Waals surface area contributed by atoms with Crippen molar-refractivity contribution in [3.8, 4) is 6.07 Å². The summed E-state index contributed by atoms with van der Waals surface area (Å²) in [6, 6.07) is 9.09. The molecule has 0 radical (unpaired) electrons. The van der Waals surface area contributed by atoms with Crippen molar-refractivity contribution in [2.75, 3.05) is 26.7 Å². The maximum Gasteiger partial charge on any atom is 0.253 e. The van der Waals surface area contributed by atoms with Crippen LogP contribution in [-0.4, -0.2) is 59.6 Å². The van der Waals surface area contributed by atoms with Gasteiger partial charge in [0, 0.05) is 38.3 Å². The third kappa shape index (κ3) is 3.39. The first-order valence-electron chi connectivity index (χ1n) is 8.26. The number of hydrogen-bond donors (Lipinski definition) is 1.